The van der Waals surface area contributed by atoms with E-state index in [-0.39, 0.29) is 5.38 Å². The molecule has 1 aliphatic carbocycles. The summed E-state index contributed by atoms with van der Waals surface area (Å²) in [5.41, 5.74) is 0. The lowest BCUT2D eigenvalue weighted by atomic mass is 10.2. The highest BCUT2D eigenvalue weighted by molar-refractivity contribution is 6.38. The third kappa shape index (κ3) is 1.27. The maximum atomic E-state index is 5.68. The molecule has 0 nitrogen and oxygen atoms in total. The molecule has 8 heavy (non-hydrogen) atoms. The number of hydrogen-bond acceptors (Lipinski definition) is 0. The van der Waals surface area contributed by atoms with Crippen molar-refractivity contribution in [1.82, 2.24) is 0 Å². The van der Waals surface area contributed by atoms with Gasteiger partial charge in [-0.05, 0) is 6.42 Å². The standard InChI is InChI=1S/C6H6Cl2/c7-5-3-1-2-4-6(5)8/h1,3-5H,2H2. The molecular formula is C6H6Cl2. The Labute approximate surface area is 58.8 Å². The maximum Gasteiger partial charge on any atom is 0.0869 e. The third-order valence-electron chi connectivity index (χ3n) is 1.02. The fourth-order valence-electron chi connectivity index (χ4n) is 0.583. The molecule has 0 amide bonds. The van der Waals surface area contributed by atoms with Crippen molar-refractivity contribution in [2.75, 3.05) is 0 Å². The first-order chi connectivity index (χ1) is 3.80. The van der Waals surface area contributed by atoms with Crippen LogP contribution in [0.3, 0.4) is 0 Å². The van der Waals surface area contributed by atoms with Gasteiger partial charge in [0.1, 0.15) is 0 Å². The highest BCUT2D eigenvalue weighted by Gasteiger charge is 2.05. The van der Waals surface area contributed by atoms with E-state index in [0.717, 1.165) is 11.5 Å². The average Bonchev–Trinajstić information content (AvgIpc) is 1.77. The Morgan fingerprint density at radius 2 is 2.38 bits per heavy atom. The van der Waals surface area contributed by atoms with Gasteiger partial charge >= 0.3 is 0 Å². The molecule has 0 aromatic carbocycles. The molecule has 0 radical (unpaired) electrons. The van der Waals surface area contributed by atoms with Crippen LogP contribution in [0.25, 0.3) is 0 Å². The minimum absolute atomic E-state index is 0.0783. The van der Waals surface area contributed by atoms with E-state index in [1.165, 1.54) is 0 Å². The van der Waals surface area contributed by atoms with Crippen LogP contribution in [0.4, 0.5) is 0 Å². The minimum Gasteiger partial charge on any atom is -0.112 e. The molecule has 0 bridgehead atoms. The van der Waals surface area contributed by atoms with Gasteiger partial charge in [0, 0.05) is 5.03 Å². The van der Waals surface area contributed by atoms with E-state index < -0.39 is 0 Å². The monoisotopic (exact) mass is 148 g/mol. The summed E-state index contributed by atoms with van der Waals surface area (Å²) in [5, 5.41) is 0.666. The van der Waals surface area contributed by atoms with Crippen molar-refractivity contribution < 1.29 is 0 Å². The van der Waals surface area contributed by atoms with Crippen LogP contribution in [0.5, 0.6) is 0 Å². The summed E-state index contributed by atoms with van der Waals surface area (Å²) in [5.74, 6) is 0. The Kier molecular flexibility index (Phi) is 1.98. The number of alkyl halides is 1. The molecule has 1 rings (SSSR count). The van der Waals surface area contributed by atoms with Crippen LogP contribution in [0.2, 0.25) is 0 Å². The van der Waals surface area contributed by atoms with Crippen molar-refractivity contribution in [3.63, 3.8) is 0 Å². The molecule has 0 saturated carbocycles. The van der Waals surface area contributed by atoms with E-state index in [2.05, 4.69) is 0 Å². The molecule has 2 heteroatoms. The lowest BCUT2D eigenvalue weighted by Gasteiger charge is -2.04. The second-order valence-electron chi connectivity index (χ2n) is 1.65. The van der Waals surface area contributed by atoms with Crippen molar-refractivity contribution in [1.29, 1.82) is 0 Å². The second-order valence-corrected chi connectivity index (χ2v) is 2.56. The number of hydrogen-bond donors (Lipinski definition) is 0. The Bertz CT molecular complexity index is 135. The summed E-state index contributed by atoms with van der Waals surface area (Å²) >= 11 is 11.3. The third-order valence-corrected chi connectivity index (χ3v) is 1.90. The average molecular weight is 149 g/mol. The SMILES string of the molecule is ClC1=CCC=CC1Cl. The van der Waals surface area contributed by atoms with Gasteiger partial charge in [0.15, 0.2) is 0 Å². The Hall–Kier alpha value is 0.0600. The fraction of sp³-hybridized carbons (Fsp3) is 0.333. The lowest BCUT2D eigenvalue weighted by Crippen LogP contribution is -1.95. The summed E-state index contributed by atoms with van der Waals surface area (Å²) in [7, 11) is 0. The zero-order valence-corrected chi connectivity index (χ0v) is 5.78. The largest absolute Gasteiger partial charge is 0.112 e. The van der Waals surface area contributed by atoms with Gasteiger partial charge in [0.05, 0.1) is 5.38 Å². The molecule has 0 aliphatic heterocycles. The van der Waals surface area contributed by atoms with Crippen LogP contribution < -0.4 is 0 Å². The van der Waals surface area contributed by atoms with Crippen molar-refractivity contribution in [3.8, 4) is 0 Å². The summed E-state index contributed by atoms with van der Waals surface area (Å²) in [6.45, 7) is 0. The first-order valence-corrected chi connectivity index (χ1v) is 3.28. The van der Waals surface area contributed by atoms with Gasteiger partial charge in [-0.15, -0.1) is 11.6 Å². The number of allylic oxidation sites excluding steroid dienone is 4. The minimum atomic E-state index is -0.0783. The van der Waals surface area contributed by atoms with E-state index >= 15 is 0 Å². The molecule has 0 N–H and O–H groups in total. The van der Waals surface area contributed by atoms with Gasteiger partial charge in [0.25, 0.3) is 0 Å². The molecule has 1 atom stereocenters. The van der Waals surface area contributed by atoms with Crippen molar-refractivity contribution in [3.05, 3.63) is 23.3 Å². The quantitative estimate of drug-likeness (QED) is 0.367. The summed E-state index contributed by atoms with van der Waals surface area (Å²) in [6, 6.07) is 0. The summed E-state index contributed by atoms with van der Waals surface area (Å²) < 4.78 is 0. The van der Waals surface area contributed by atoms with E-state index in [9.17, 15) is 0 Å². The molecule has 0 spiro atoms. The zero-order valence-electron chi connectivity index (χ0n) is 4.27. The molecular weight excluding hydrogens is 143 g/mol. The summed E-state index contributed by atoms with van der Waals surface area (Å²) in [6.07, 6.45) is 6.73. The van der Waals surface area contributed by atoms with Crippen LogP contribution in [-0.4, -0.2) is 5.38 Å². The second kappa shape index (κ2) is 2.56. The molecule has 0 saturated heterocycles. The topological polar surface area (TPSA) is 0 Å². The van der Waals surface area contributed by atoms with Crippen LogP contribution in [0.1, 0.15) is 6.42 Å². The molecule has 1 unspecified atom stereocenters. The first kappa shape index (κ1) is 6.18. The van der Waals surface area contributed by atoms with Gasteiger partial charge in [-0.25, -0.2) is 0 Å². The number of halogens is 2. The first-order valence-electron chi connectivity index (χ1n) is 2.47. The van der Waals surface area contributed by atoms with Crippen LogP contribution >= 0.6 is 23.2 Å². The van der Waals surface area contributed by atoms with Gasteiger partial charge in [-0.3, -0.25) is 0 Å². The van der Waals surface area contributed by atoms with Gasteiger partial charge in [-0.1, -0.05) is 29.8 Å². The molecule has 1 aliphatic rings. The molecule has 0 heterocycles. The normalized spacial score (nSPS) is 27.8. The van der Waals surface area contributed by atoms with Crippen LogP contribution in [-0.2, 0) is 0 Å². The van der Waals surface area contributed by atoms with Crippen molar-refractivity contribution in [2.24, 2.45) is 0 Å². The van der Waals surface area contributed by atoms with E-state index in [1.807, 2.05) is 18.2 Å². The van der Waals surface area contributed by atoms with Gasteiger partial charge < -0.3 is 0 Å². The van der Waals surface area contributed by atoms with Crippen LogP contribution in [0, 0.1) is 0 Å². The van der Waals surface area contributed by atoms with E-state index in [1.54, 1.807) is 0 Å². The predicted molar refractivity (Wildman–Crippen MR) is 37.3 cm³/mol. The molecule has 0 fully saturated rings. The Balaban J connectivity index is 2.63. The van der Waals surface area contributed by atoms with E-state index in [0.29, 0.717) is 0 Å². The van der Waals surface area contributed by atoms with Crippen LogP contribution in [0.15, 0.2) is 23.3 Å². The van der Waals surface area contributed by atoms with Gasteiger partial charge in [0.2, 0.25) is 0 Å². The lowest BCUT2D eigenvalue weighted by molar-refractivity contribution is 1.21. The highest BCUT2D eigenvalue weighted by atomic mass is 35.5. The summed E-state index contributed by atoms with van der Waals surface area (Å²) in [4.78, 5) is 0. The maximum absolute atomic E-state index is 5.68. The fourth-order valence-corrected chi connectivity index (χ4v) is 0.937. The van der Waals surface area contributed by atoms with Crippen molar-refractivity contribution in [2.45, 2.75) is 11.8 Å². The van der Waals surface area contributed by atoms with E-state index in [4.69, 9.17) is 23.2 Å². The molecule has 0 aromatic rings. The molecule has 44 valence electrons. The molecule has 0 aromatic heterocycles. The Morgan fingerprint density at radius 3 is 2.75 bits per heavy atom. The van der Waals surface area contributed by atoms with Crippen molar-refractivity contribution >= 4 is 23.2 Å². The Morgan fingerprint density at radius 1 is 1.62 bits per heavy atom. The number of rotatable bonds is 0. The highest BCUT2D eigenvalue weighted by Crippen LogP contribution is 2.20. The zero-order chi connectivity index (χ0) is 5.98. The smallest absolute Gasteiger partial charge is 0.0869 e. The van der Waals surface area contributed by atoms with Gasteiger partial charge in [-0.2, -0.15) is 0 Å². The predicted octanol–water partition coefficient (Wildman–Crippen LogP) is 2.68.